The summed E-state index contributed by atoms with van der Waals surface area (Å²) in [5.74, 6) is -18.9. The lowest BCUT2D eigenvalue weighted by atomic mass is 10.00. The topological polar surface area (TPSA) is 91.5 Å². The van der Waals surface area contributed by atoms with Crippen molar-refractivity contribution in [3.8, 4) is 0 Å². The molecule has 0 fully saturated rings. The van der Waals surface area contributed by atoms with E-state index in [1.54, 1.807) is 0 Å². The van der Waals surface area contributed by atoms with Gasteiger partial charge in [-0.3, -0.25) is 9.59 Å². The fraction of sp³-hybridized carbons (Fsp3) is 0.333. The summed E-state index contributed by atoms with van der Waals surface area (Å²) in [7, 11) is 0. The second kappa shape index (κ2) is 5.32. The van der Waals surface area contributed by atoms with Crippen LogP contribution in [-0.2, 0) is 11.8 Å². The van der Waals surface area contributed by atoms with E-state index >= 15 is 0 Å². The van der Waals surface area contributed by atoms with Crippen molar-refractivity contribution >= 4 is 11.6 Å². The summed E-state index contributed by atoms with van der Waals surface area (Å²) in [5, 5.41) is 0. The minimum atomic E-state index is -6.16. The van der Waals surface area contributed by atoms with Crippen molar-refractivity contribution in [1.82, 2.24) is 19.9 Å². The van der Waals surface area contributed by atoms with Crippen molar-refractivity contribution in [2.45, 2.75) is 24.2 Å². The first-order valence-electron chi connectivity index (χ1n) is 6.69. The summed E-state index contributed by atoms with van der Waals surface area (Å²) in [5.41, 5.74) is -5.15. The first kappa shape index (κ1) is 19.8. The maximum absolute atomic E-state index is 13.3. The molecule has 0 atom stereocenters. The highest BCUT2D eigenvalue weighted by atomic mass is 19.4. The summed E-state index contributed by atoms with van der Waals surface area (Å²) in [4.78, 5) is 32.1. The van der Waals surface area contributed by atoms with E-state index in [1.807, 2.05) is 0 Å². The van der Waals surface area contributed by atoms with Gasteiger partial charge in [0.05, 0.1) is 0 Å². The quantitative estimate of drug-likeness (QED) is 0.619. The molecule has 2 aromatic rings. The fourth-order valence-corrected chi connectivity index (χ4v) is 2.21. The molecule has 6 nitrogen and oxygen atoms in total. The van der Waals surface area contributed by atoms with E-state index in [-0.39, 0.29) is 0 Å². The van der Waals surface area contributed by atoms with Gasteiger partial charge in [-0.2, -0.15) is 43.9 Å². The van der Waals surface area contributed by atoms with Gasteiger partial charge in [0.2, 0.25) is 11.6 Å². The predicted molar refractivity (Wildman–Crippen MR) is 63.9 cm³/mol. The van der Waals surface area contributed by atoms with Gasteiger partial charge in [-0.1, -0.05) is 0 Å². The Morgan fingerprint density at radius 3 is 1.18 bits per heavy atom. The van der Waals surface area contributed by atoms with E-state index < -0.39 is 70.2 Å². The Hall–Kier alpha value is -2.94. The monoisotopic (exact) mass is 424 g/mol. The highest BCUT2D eigenvalue weighted by molar-refractivity contribution is 6.25. The highest BCUT2D eigenvalue weighted by Crippen LogP contribution is 2.45. The van der Waals surface area contributed by atoms with Crippen LogP contribution in [0.5, 0.6) is 0 Å². The lowest BCUT2D eigenvalue weighted by Crippen LogP contribution is -2.35. The Labute approximate surface area is 145 Å². The first-order chi connectivity index (χ1) is 12.5. The van der Waals surface area contributed by atoms with Gasteiger partial charge in [0, 0.05) is 0 Å². The number of halogens is 10. The van der Waals surface area contributed by atoms with Crippen LogP contribution >= 0.6 is 0 Å². The van der Waals surface area contributed by atoms with Gasteiger partial charge in [-0.25, -0.2) is 9.97 Å². The summed E-state index contributed by atoms with van der Waals surface area (Å²) in [6.45, 7) is 0. The van der Waals surface area contributed by atoms with E-state index in [9.17, 15) is 53.5 Å². The second-order valence-corrected chi connectivity index (χ2v) is 5.42. The molecule has 2 heterocycles. The minimum Gasteiger partial charge on any atom is -0.333 e. The molecule has 3 rings (SSSR count). The molecule has 16 heteroatoms. The number of alkyl halides is 10. The van der Waals surface area contributed by atoms with Crippen molar-refractivity contribution in [2.24, 2.45) is 0 Å². The van der Waals surface area contributed by atoms with E-state index in [0.717, 1.165) is 0 Å². The number of nitrogens with zero attached hydrogens (tertiary/aromatic N) is 2. The number of hydrogen-bond acceptors (Lipinski definition) is 4. The van der Waals surface area contributed by atoms with Crippen LogP contribution in [0.25, 0.3) is 0 Å². The maximum Gasteiger partial charge on any atom is 0.461 e. The molecule has 1 aliphatic rings. The van der Waals surface area contributed by atoms with Crippen LogP contribution in [0.2, 0.25) is 0 Å². The second-order valence-electron chi connectivity index (χ2n) is 5.42. The molecule has 152 valence electrons. The predicted octanol–water partition coefficient (Wildman–Crippen LogP) is 3.22. The molecular weight excluding hydrogens is 422 g/mol. The average Bonchev–Trinajstić information content (AvgIpc) is 3.16. The number of aromatic amines is 2. The lowest BCUT2D eigenvalue weighted by molar-refractivity contribution is -0.292. The van der Waals surface area contributed by atoms with Crippen LogP contribution in [0.1, 0.15) is 44.0 Å². The molecule has 0 radical (unpaired) electrons. The Balaban J connectivity index is 2.12. The van der Waals surface area contributed by atoms with Crippen LogP contribution in [0.4, 0.5) is 43.9 Å². The summed E-state index contributed by atoms with van der Waals surface area (Å²) in [6, 6.07) is 0. The number of imidazole rings is 2. The number of aromatic nitrogens is 4. The smallest absolute Gasteiger partial charge is 0.333 e. The standard InChI is InChI=1S/C12H2F10N4O2/c13-9(14,11(17,18)19)7-23-1-2(24-7)6(28)4-3(5(1)27)25-8(26-4)10(15,16)12(20,21)22/h(H,23,24)(H,25,26). The van der Waals surface area contributed by atoms with Gasteiger partial charge in [-0.05, 0) is 0 Å². The van der Waals surface area contributed by atoms with Gasteiger partial charge >= 0.3 is 24.2 Å². The van der Waals surface area contributed by atoms with Crippen LogP contribution in [0.15, 0.2) is 0 Å². The number of ketones is 2. The van der Waals surface area contributed by atoms with Crippen LogP contribution in [0, 0.1) is 0 Å². The Morgan fingerprint density at radius 2 is 0.893 bits per heavy atom. The molecule has 0 bridgehead atoms. The molecule has 0 unspecified atom stereocenters. The van der Waals surface area contributed by atoms with Crippen molar-refractivity contribution < 1.29 is 53.5 Å². The van der Waals surface area contributed by atoms with Crippen molar-refractivity contribution in [3.05, 3.63) is 34.4 Å². The number of carbonyl (C=O) groups is 2. The SMILES string of the molecule is O=C1c2nc(C(F)(F)C(F)(F)F)[nH]c2C(=O)c2[nH]c(C(F)(F)C(F)(F)F)nc21. The molecule has 28 heavy (non-hydrogen) atoms. The third-order valence-corrected chi connectivity index (χ3v) is 3.60. The average molecular weight is 424 g/mol. The maximum atomic E-state index is 13.3. The van der Waals surface area contributed by atoms with Gasteiger partial charge < -0.3 is 9.97 Å². The molecule has 0 saturated heterocycles. The molecule has 0 amide bonds. The van der Waals surface area contributed by atoms with Gasteiger partial charge in [0.1, 0.15) is 22.8 Å². The van der Waals surface area contributed by atoms with E-state index in [1.165, 1.54) is 9.97 Å². The zero-order chi connectivity index (χ0) is 21.4. The van der Waals surface area contributed by atoms with Gasteiger partial charge in [-0.15, -0.1) is 0 Å². The lowest BCUT2D eigenvalue weighted by Gasteiger charge is -2.16. The summed E-state index contributed by atoms with van der Waals surface area (Å²) in [6.07, 6.45) is -12.3. The Morgan fingerprint density at radius 1 is 0.571 bits per heavy atom. The number of nitrogens with one attached hydrogen (secondary N) is 2. The summed E-state index contributed by atoms with van der Waals surface area (Å²) >= 11 is 0. The number of hydrogen-bond donors (Lipinski definition) is 2. The molecule has 2 N–H and O–H groups in total. The molecule has 2 aromatic heterocycles. The number of carbonyl (C=O) groups excluding carboxylic acids is 2. The molecule has 0 spiro atoms. The molecule has 1 aliphatic carbocycles. The largest absolute Gasteiger partial charge is 0.461 e. The number of H-pyrrole nitrogens is 2. The zero-order valence-corrected chi connectivity index (χ0v) is 12.5. The van der Waals surface area contributed by atoms with Crippen molar-refractivity contribution in [3.63, 3.8) is 0 Å². The van der Waals surface area contributed by atoms with Crippen molar-refractivity contribution in [2.75, 3.05) is 0 Å². The molecule has 0 aromatic carbocycles. The zero-order valence-electron chi connectivity index (χ0n) is 12.5. The van der Waals surface area contributed by atoms with Crippen LogP contribution < -0.4 is 0 Å². The summed E-state index contributed by atoms with van der Waals surface area (Å²) < 4.78 is 128. The van der Waals surface area contributed by atoms with Crippen LogP contribution in [0.3, 0.4) is 0 Å². The Bertz CT molecular complexity index is 870. The van der Waals surface area contributed by atoms with E-state index in [0.29, 0.717) is 0 Å². The molecular formula is C12H2F10N4O2. The van der Waals surface area contributed by atoms with E-state index in [2.05, 4.69) is 9.97 Å². The minimum absolute atomic E-state index is 1.25. The normalized spacial score (nSPS) is 15.6. The van der Waals surface area contributed by atoms with Gasteiger partial charge in [0.25, 0.3) is 0 Å². The third kappa shape index (κ3) is 2.50. The third-order valence-electron chi connectivity index (χ3n) is 3.60. The molecule has 0 aliphatic heterocycles. The van der Waals surface area contributed by atoms with E-state index in [4.69, 9.17) is 0 Å². The van der Waals surface area contributed by atoms with Crippen LogP contribution in [-0.4, -0.2) is 43.9 Å². The highest BCUT2D eigenvalue weighted by Gasteiger charge is 2.63. The van der Waals surface area contributed by atoms with Gasteiger partial charge in [0.15, 0.2) is 11.6 Å². The number of rotatable bonds is 2. The Kier molecular flexibility index (Phi) is 3.76. The fourth-order valence-electron chi connectivity index (χ4n) is 2.21. The molecule has 0 saturated carbocycles. The van der Waals surface area contributed by atoms with Crippen molar-refractivity contribution in [1.29, 1.82) is 0 Å². The first-order valence-corrected chi connectivity index (χ1v) is 6.69. The number of fused-ring (bicyclic) bond motifs is 2.